The second-order valence-electron chi connectivity index (χ2n) is 7.51. The smallest absolute Gasteiger partial charge is 0.268 e. The highest BCUT2D eigenvalue weighted by Gasteiger charge is 2.26. The van der Waals surface area contributed by atoms with E-state index in [9.17, 15) is 14.4 Å². The number of para-hydroxylation sites is 1. The molecule has 3 amide bonds. The second-order valence-corrected chi connectivity index (χ2v) is 8.50. The van der Waals surface area contributed by atoms with Crippen LogP contribution in [0.15, 0.2) is 30.3 Å². The quantitative estimate of drug-likeness (QED) is 0.501. The van der Waals surface area contributed by atoms with Crippen molar-refractivity contribution in [3.05, 3.63) is 36.0 Å². The number of carbonyl (C=O) groups is 3. The summed E-state index contributed by atoms with van der Waals surface area (Å²) in [6, 6.07) is 9.49. The molecule has 1 aliphatic rings. The summed E-state index contributed by atoms with van der Waals surface area (Å²) >= 11 is 1.19. The Labute approximate surface area is 174 Å². The topological polar surface area (TPSA) is 117 Å². The number of nitrogens with two attached hydrogens (primary N) is 1. The van der Waals surface area contributed by atoms with Crippen LogP contribution in [0.25, 0.3) is 10.9 Å². The fourth-order valence-corrected chi connectivity index (χ4v) is 4.42. The normalized spacial score (nSPS) is 15.7. The van der Waals surface area contributed by atoms with Crippen molar-refractivity contribution >= 4 is 40.4 Å². The molecule has 1 aliphatic carbocycles. The van der Waals surface area contributed by atoms with Crippen LogP contribution in [0, 0.1) is 5.92 Å². The Kier molecular flexibility index (Phi) is 7.57. The molecule has 2 aromatic rings. The van der Waals surface area contributed by atoms with Crippen molar-refractivity contribution in [2.24, 2.45) is 11.7 Å². The molecule has 5 N–H and O–H groups in total. The van der Waals surface area contributed by atoms with E-state index in [1.807, 2.05) is 30.3 Å². The first kappa shape index (κ1) is 21.2. The number of fused-ring (bicyclic) bond motifs is 1. The maximum Gasteiger partial charge on any atom is 0.268 e. The van der Waals surface area contributed by atoms with E-state index in [1.54, 1.807) is 0 Å². The standard InChI is InChI=1S/C21H28N4O3S/c22-19(26)12-29-13-20(27)23-11-18(14-6-2-1-3-7-14)25-21(28)17-10-15-8-4-5-9-16(15)24-17/h4-5,8-10,14,18,24H,1-3,6-7,11-13H2,(H2,22,26)(H,23,27)(H,25,28). The van der Waals surface area contributed by atoms with Crippen LogP contribution in [0.4, 0.5) is 0 Å². The van der Waals surface area contributed by atoms with Crippen LogP contribution >= 0.6 is 11.8 Å². The lowest BCUT2D eigenvalue weighted by molar-refractivity contribution is -0.118. The number of hydrogen-bond acceptors (Lipinski definition) is 4. The van der Waals surface area contributed by atoms with Gasteiger partial charge in [0.15, 0.2) is 0 Å². The fraction of sp³-hybridized carbons (Fsp3) is 0.476. The number of benzene rings is 1. The highest BCUT2D eigenvalue weighted by molar-refractivity contribution is 8.00. The van der Waals surface area contributed by atoms with Gasteiger partial charge in [-0.1, -0.05) is 37.5 Å². The van der Waals surface area contributed by atoms with Gasteiger partial charge >= 0.3 is 0 Å². The van der Waals surface area contributed by atoms with E-state index in [4.69, 9.17) is 5.73 Å². The van der Waals surface area contributed by atoms with Gasteiger partial charge < -0.3 is 21.4 Å². The molecule has 1 saturated carbocycles. The second kappa shape index (κ2) is 10.3. The third-order valence-electron chi connectivity index (χ3n) is 5.31. The minimum atomic E-state index is -0.437. The summed E-state index contributed by atoms with van der Waals surface area (Å²) in [6.07, 6.45) is 5.60. The Bertz CT molecular complexity index is 827. The molecule has 0 saturated heterocycles. The number of thioether (sulfide) groups is 1. The molecular weight excluding hydrogens is 388 g/mol. The van der Waals surface area contributed by atoms with E-state index in [0.717, 1.165) is 36.6 Å². The van der Waals surface area contributed by atoms with Crippen molar-refractivity contribution in [1.82, 2.24) is 15.6 Å². The minimum Gasteiger partial charge on any atom is -0.369 e. The van der Waals surface area contributed by atoms with Gasteiger partial charge in [-0.3, -0.25) is 14.4 Å². The predicted octanol–water partition coefficient (Wildman–Crippen LogP) is 2.18. The molecule has 156 valence electrons. The zero-order chi connectivity index (χ0) is 20.6. The van der Waals surface area contributed by atoms with Gasteiger partial charge in [-0.05, 0) is 30.9 Å². The first-order valence-electron chi connectivity index (χ1n) is 10.0. The monoisotopic (exact) mass is 416 g/mol. The van der Waals surface area contributed by atoms with E-state index in [1.165, 1.54) is 18.2 Å². The van der Waals surface area contributed by atoms with Gasteiger partial charge in [-0.25, -0.2) is 0 Å². The van der Waals surface area contributed by atoms with E-state index < -0.39 is 5.91 Å². The van der Waals surface area contributed by atoms with Crippen molar-refractivity contribution < 1.29 is 14.4 Å². The van der Waals surface area contributed by atoms with Crippen molar-refractivity contribution in [2.45, 2.75) is 38.1 Å². The molecule has 1 aromatic heterocycles. The van der Waals surface area contributed by atoms with Crippen LogP contribution in [-0.2, 0) is 9.59 Å². The largest absolute Gasteiger partial charge is 0.369 e. The summed E-state index contributed by atoms with van der Waals surface area (Å²) in [6.45, 7) is 0.382. The van der Waals surface area contributed by atoms with E-state index in [0.29, 0.717) is 18.2 Å². The summed E-state index contributed by atoms with van der Waals surface area (Å²) in [5.74, 6) is -0.109. The van der Waals surface area contributed by atoms with Gasteiger partial charge in [0, 0.05) is 23.5 Å². The third-order valence-corrected chi connectivity index (χ3v) is 6.26. The van der Waals surface area contributed by atoms with Crippen molar-refractivity contribution in [3.8, 4) is 0 Å². The first-order valence-corrected chi connectivity index (χ1v) is 11.2. The maximum atomic E-state index is 12.8. The van der Waals surface area contributed by atoms with Gasteiger partial charge in [0.05, 0.1) is 11.5 Å². The van der Waals surface area contributed by atoms with Crippen molar-refractivity contribution in [2.75, 3.05) is 18.1 Å². The van der Waals surface area contributed by atoms with Crippen LogP contribution in [-0.4, -0.2) is 46.8 Å². The highest BCUT2D eigenvalue weighted by Crippen LogP contribution is 2.26. The number of primary amides is 1. The molecule has 1 aromatic carbocycles. The average molecular weight is 417 g/mol. The zero-order valence-corrected chi connectivity index (χ0v) is 17.2. The maximum absolute atomic E-state index is 12.8. The number of H-pyrrole nitrogens is 1. The van der Waals surface area contributed by atoms with Crippen molar-refractivity contribution in [1.29, 1.82) is 0 Å². The van der Waals surface area contributed by atoms with Crippen LogP contribution in [0.3, 0.4) is 0 Å². The van der Waals surface area contributed by atoms with E-state index in [2.05, 4.69) is 15.6 Å². The Morgan fingerprint density at radius 1 is 1.14 bits per heavy atom. The fourth-order valence-electron chi connectivity index (χ4n) is 3.83. The molecule has 7 nitrogen and oxygen atoms in total. The van der Waals surface area contributed by atoms with E-state index >= 15 is 0 Å². The molecule has 0 aliphatic heterocycles. The molecule has 3 rings (SSSR count). The van der Waals surface area contributed by atoms with Crippen LogP contribution in [0.5, 0.6) is 0 Å². The van der Waals surface area contributed by atoms with Gasteiger partial charge in [-0.2, -0.15) is 0 Å². The Balaban J connectivity index is 1.61. The molecule has 0 spiro atoms. The lowest BCUT2D eigenvalue weighted by atomic mass is 9.83. The van der Waals surface area contributed by atoms with E-state index in [-0.39, 0.29) is 29.4 Å². The molecule has 1 heterocycles. The van der Waals surface area contributed by atoms with Gasteiger partial charge in [0.25, 0.3) is 5.91 Å². The Morgan fingerprint density at radius 2 is 1.90 bits per heavy atom. The summed E-state index contributed by atoms with van der Waals surface area (Å²) in [4.78, 5) is 38.9. The highest BCUT2D eigenvalue weighted by atomic mass is 32.2. The predicted molar refractivity (Wildman–Crippen MR) is 116 cm³/mol. The zero-order valence-electron chi connectivity index (χ0n) is 16.4. The first-order chi connectivity index (χ1) is 14.0. The van der Waals surface area contributed by atoms with Gasteiger partial charge in [-0.15, -0.1) is 11.8 Å². The summed E-state index contributed by atoms with van der Waals surface area (Å²) < 4.78 is 0. The van der Waals surface area contributed by atoms with Crippen LogP contribution < -0.4 is 16.4 Å². The number of hydrogen-bond donors (Lipinski definition) is 4. The Morgan fingerprint density at radius 3 is 2.62 bits per heavy atom. The number of nitrogens with one attached hydrogen (secondary N) is 3. The average Bonchev–Trinajstić information content (AvgIpc) is 3.16. The lowest BCUT2D eigenvalue weighted by Crippen LogP contribution is -2.48. The molecule has 0 bridgehead atoms. The summed E-state index contributed by atoms with van der Waals surface area (Å²) in [5.41, 5.74) is 6.54. The minimum absolute atomic E-state index is 0.122. The molecule has 1 fully saturated rings. The molecule has 1 unspecified atom stereocenters. The summed E-state index contributed by atoms with van der Waals surface area (Å²) in [5, 5.41) is 7.02. The van der Waals surface area contributed by atoms with Crippen LogP contribution in [0.2, 0.25) is 0 Å². The number of rotatable bonds is 9. The summed E-state index contributed by atoms with van der Waals surface area (Å²) in [7, 11) is 0. The SMILES string of the molecule is NC(=O)CSCC(=O)NCC(NC(=O)c1cc2ccccc2[nH]1)C1CCCCC1. The molecule has 29 heavy (non-hydrogen) atoms. The Hall–Kier alpha value is -2.48. The molecule has 1 atom stereocenters. The number of carbonyl (C=O) groups excluding carboxylic acids is 3. The van der Waals surface area contributed by atoms with Gasteiger partial charge in [0.1, 0.15) is 5.69 Å². The molecule has 8 heteroatoms. The number of amides is 3. The molecular formula is C21H28N4O3S. The lowest BCUT2D eigenvalue weighted by Gasteiger charge is -2.31. The van der Waals surface area contributed by atoms with Gasteiger partial charge in [0.2, 0.25) is 11.8 Å². The van der Waals surface area contributed by atoms with Crippen molar-refractivity contribution in [3.63, 3.8) is 0 Å². The molecule has 0 radical (unpaired) electrons. The number of aromatic nitrogens is 1. The third kappa shape index (κ3) is 6.25. The number of aromatic amines is 1. The van der Waals surface area contributed by atoms with Crippen LogP contribution in [0.1, 0.15) is 42.6 Å².